The number of phenolic OH excluding ortho intramolecular Hbond substituents is 1. The second-order valence-electron chi connectivity index (χ2n) is 2.86. The molecule has 1 aromatic rings. The number of rotatable bonds is 2. The van der Waals surface area contributed by atoms with Crippen LogP contribution in [0.1, 0.15) is 18.5 Å². The van der Waals surface area contributed by atoms with Gasteiger partial charge in [-0.15, -0.1) is 0 Å². The molecule has 1 aromatic carbocycles. The van der Waals surface area contributed by atoms with E-state index in [-0.39, 0.29) is 5.75 Å². The first kappa shape index (κ1) is 9.03. The maximum atomic E-state index is 9.16. The molecular weight excluding hydrogens is 154 g/mol. The van der Waals surface area contributed by atoms with E-state index >= 15 is 0 Å². The van der Waals surface area contributed by atoms with Crippen LogP contribution in [0.2, 0.25) is 0 Å². The summed E-state index contributed by atoms with van der Waals surface area (Å²) in [5.74, 6) is 0.170. The first-order chi connectivity index (χ1) is 5.61. The van der Waals surface area contributed by atoms with Crippen molar-refractivity contribution in [2.24, 2.45) is 5.73 Å². The van der Waals surface area contributed by atoms with E-state index in [2.05, 4.69) is 0 Å². The van der Waals surface area contributed by atoms with Crippen molar-refractivity contribution in [1.82, 2.24) is 0 Å². The Morgan fingerprint density at radius 3 is 2.58 bits per heavy atom. The molecule has 1 rings (SSSR count). The van der Waals surface area contributed by atoms with E-state index in [0.29, 0.717) is 0 Å². The summed E-state index contributed by atoms with van der Waals surface area (Å²) < 4.78 is 0. The maximum absolute atomic E-state index is 9.16. The minimum atomic E-state index is -0.605. The average molecular weight is 167 g/mol. The molecule has 3 heteroatoms. The number of phenols is 1. The molecule has 0 spiro atoms. The van der Waals surface area contributed by atoms with Crippen LogP contribution in [-0.4, -0.2) is 16.3 Å². The highest BCUT2D eigenvalue weighted by Gasteiger charge is 2.11. The van der Waals surface area contributed by atoms with Crippen molar-refractivity contribution < 1.29 is 10.2 Å². The summed E-state index contributed by atoms with van der Waals surface area (Å²) in [7, 11) is 0. The SMILES string of the molecule is CC(O)C(N)c1cccc(O)c1. The van der Waals surface area contributed by atoms with Crippen LogP contribution in [0.5, 0.6) is 5.75 Å². The zero-order valence-corrected chi connectivity index (χ0v) is 6.94. The Hall–Kier alpha value is -1.06. The van der Waals surface area contributed by atoms with Crippen molar-refractivity contribution in [3.8, 4) is 5.75 Å². The Balaban J connectivity index is 2.88. The van der Waals surface area contributed by atoms with Gasteiger partial charge in [0.1, 0.15) is 5.75 Å². The monoisotopic (exact) mass is 167 g/mol. The molecular formula is C9H13NO2. The van der Waals surface area contributed by atoms with Crippen molar-refractivity contribution in [3.63, 3.8) is 0 Å². The molecule has 0 bridgehead atoms. The van der Waals surface area contributed by atoms with Gasteiger partial charge in [-0.05, 0) is 24.6 Å². The van der Waals surface area contributed by atoms with Crippen molar-refractivity contribution in [2.45, 2.75) is 19.1 Å². The van der Waals surface area contributed by atoms with Gasteiger partial charge in [-0.1, -0.05) is 12.1 Å². The largest absolute Gasteiger partial charge is 0.508 e. The lowest BCUT2D eigenvalue weighted by Gasteiger charge is -2.14. The molecule has 0 fully saturated rings. The molecule has 3 nitrogen and oxygen atoms in total. The molecule has 4 N–H and O–H groups in total. The van der Waals surface area contributed by atoms with Crippen LogP contribution in [0.15, 0.2) is 24.3 Å². The van der Waals surface area contributed by atoms with E-state index < -0.39 is 12.1 Å². The standard InChI is InChI=1S/C9H13NO2/c1-6(11)9(10)7-3-2-4-8(12)5-7/h2-6,9,11-12H,10H2,1H3. The van der Waals surface area contributed by atoms with Crippen LogP contribution in [-0.2, 0) is 0 Å². The van der Waals surface area contributed by atoms with Gasteiger partial charge in [-0.2, -0.15) is 0 Å². The topological polar surface area (TPSA) is 66.5 Å². The first-order valence-electron chi connectivity index (χ1n) is 3.84. The second-order valence-corrected chi connectivity index (χ2v) is 2.86. The Morgan fingerprint density at radius 1 is 1.42 bits per heavy atom. The van der Waals surface area contributed by atoms with Crippen molar-refractivity contribution >= 4 is 0 Å². The van der Waals surface area contributed by atoms with Gasteiger partial charge in [0.15, 0.2) is 0 Å². The highest BCUT2D eigenvalue weighted by molar-refractivity contribution is 5.29. The van der Waals surface area contributed by atoms with Gasteiger partial charge in [-0.3, -0.25) is 0 Å². The second kappa shape index (κ2) is 3.56. The van der Waals surface area contributed by atoms with Crippen LogP contribution < -0.4 is 5.73 Å². The van der Waals surface area contributed by atoms with Gasteiger partial charge >= 0.3 is 0 Å². The summed E-state index contributed by atoms with van der Waals surface area (Å²) in [6, 6.07) is 6.16. The quantitative estimate of drug-likeness (QED) is 0.609. The number of hydrogen-bond acceptors (Lipinski definition) is 3. The summed E-state index contributed by atoms with van der Waals surface area (Å²) >= 11 is 0. The number of aromatic hydroxyl groups is 1. The van der Waals surface area contributed by atoms with Crippen LogP contribution in [0.3, 0.4) is 0 Å². The Bertz CT molecular complexity index is 260. The molecule has 12 heavy (non-hydrogen) atoms. The van der Waals surface area contributed by atoms with Crippen LogP contribution in [0.25, 0.3) is 0 Å². The lowest BCUT2D eigenvalue weighted by Crippen LogP contribution is -2.22. The highest BCUT2D eigenvalue weighted by atomic mass is 16.3. The molecule has 0 aliphatic rings. The van der Waals surface area contributed by atoms with E-state index in [9.17, 15) is 0 Å². The predicted molar refractivity (Wildman–Crippen MR) is 46.7 cm³/mol. The molecule has 0 saturated carbocycles. The molecule has 0 aliphatic heterocycles. The van der Waals surface area contributed by atoms with Gasteiger partial charge in [0, 0.05) is 0 Å². The number of nitrogens with two attached hydrogens (primary N) is 1. The molecule has 2 atom stereocenters. The molecule has 0 amide bonds. The molecule has 0 heterocycles. The van der Waals surface area contributed by atoms with E-state index in [1.165, 1.54) is 0 Å². The molecule has 66 valence electrons. The summed E-state index contributed by atoms with van der Waals surface area (Å²) in [6.45, 7) is 1.62. The van der Waals surface area contributed by atoms with Crippen molar-refractivity contribution in [3.05, 3.63) is 29.8 Å². The summed E-state index contributed by atoms with van der Waals surface area (Å²) in [5, 5.41) is 18.3. The van der Waals surface area contributed by atoms with Crippen molar-refractivity contribution in [1.29, 1.82) is 0 Å². The molecule has 0 radical (unpaired) electrons. The van der Waals surface area contributed by atoms with Gasteiger partial charge in [0.05, 0.1) is 12.1 Å². The minimum Gasteiger partial charge on any atom is -0.508 e. The van der Waals surface area contributed by atoms with Crippen molar-refractivity contribution in [2.75, 3.05) is 0 Å². The number of benzene rings is 1. The summed E-state index contributed by atoms with van der Waals surface area (Å²) in [6.07, 6.45) is -0.605. The third-order valence-electron chi connectivity index (χ3n) is 1.77. The predicted octanol–water partition coefficient (Wildman–Crippen LogP) is 0.773. The molecule has 0 saturated heterocycles. The number of aliphatic hydroxyl groups is 1. The zero-order chi connectivity index (χ0) is 9.14. The molecule has 0 aromatic heterocycles. The fourth-order valence-corrected chi connectivity index (χ4v) is 1.01. The fraction of sp³-hybridized carbons (Fsp3) is 0.333. The fourth-order valence-electron chi connectivity index (χ4n) is 1.01. The third kappa shape index (κ3) is 1.96. The van der Waals surface area contributed by atoms with Crippen LogP contribution in [0.4, 0.5) is 0 Å². The molecule has 0 aliphatic carbocycles. The average Bonchev–Trinajstić information content (AvgIpc) is 2.03. The smallest absolute Gasteiger partial charge is 0.115 e. The lowest BCUT2D eigenvalue weighted by molar-refractivity contribution is 0.164. The summed E-state index contributed by atoms with van der Waals surface area (Å²) in [4.78, 5) is 0. The van der Waals surface area contributed by atoms with Gasteiger partial charge < -0.3 is 15.9 Å². The number of aliphatic hydroxyl groups excluding tert-OH is 1. The van der Waals surface area contributed by atoms with Crippen LogP contribution >= 0.6 is 0 Å². The normalized spacial score (nSPS) is 15.6. The van der Waals surface area contributed by atoms with E-state index in [4.69, 9.17) is 15.9 Å². The van der Waals surface area contributed by atoms with E-state index in [1.54, 1.807) is 31.2 Å². The van der Waals surface area contributed by atoms with E-state index in [0.717, 1.165) is 5.56 Å². The maximum Gasteiger partial charge on any atom is 0.115 e. The Labute approximate surface area is 71.5 Å². The van der Waals surface area contributed by atoms with Gasteiger partial charge in [-0.25, -0.2) is 0 Å². The zero-order valence-electron chi connectivity index (χ0n) is 6.94. The number of hydrogen-bond donors (Lipinski definition) is 3. The van der Waals surface area contributed by atoms with E-state index in [1.807, 2.05) is 0 Å². The minimum absolute atomic E-state index is 0.170. The molecule has 2 unspecified atom stereocenters. The Morgan fingerprint density at radius 2 is 2.08 bits per heavy atom. The van der Waals surface area contributed by atoms with Crippen LogP contribution in [0, 0.1) is 0 Å². The highest BCUT2D eigenvalue weighted by Crippen LogP contribution is 2.18. The van der Waals surface area contributed by atoms with Gasteiger partial charge in [0.25, 0.3) is 0 Å². The summed E-state index contributed by atoms with van der Waals surface area (Å²) in [5.41, 5.74) is 6.39. The Kier molecular flexibility index (Phi) is 2.68. The lowest BCUT2D eigenvalue weighted by atomic mass is 10.0. The first-order valence-corrected chi connectivity index (χ1v) is 3.84. The van der Waals surface area contributed by atoms with Gasteiger partial charge in [0.2, 0.25) is 0 Å². The third-order valence-corrected chi connectivity index (χ3v) is 1.77.